The van der Waals surface area contributed by atoms with Crippen LogP contribution in [0.1, 0.15) is 11.1 Å². The van der Waals surface area contributed by atoms with Crippen LogP contribution in [0, 0.1) is 0 Å². The van der Waals surface area contributed by atoms with E-state index in [1.807, 2.05) is 0 Å². The molecule has 1 saturated heterocycles. The number of halogens is 2. The number of ether oxygens (including phenoxy) is 2. The van der Waals surface area contributed by atoms with Crippen molar-refractivity contribution >= 4 is 58.4 Å². The highest BCUT2D eigenvalue weighted by atomic mass is 35.5. The summed E-state index contributed by atoms with van der Waals surface area (Å²) in [4.78, 5) is 26.2. The molecule has 0 spiro atoms. The topological polar surface area (TPSA) is 67.9 Å². The summed E-state index contributed by atoms with van der Waals surface area (Å²) in [6.07, 6.45) is 3.00. The van der Waals surface area contributed by atoms with Crippen molar-refractivity contribution in [3.05, 3.63) is 75.8 Å². The Hall–Kier alpha value is -2.87. The summed E-state index contributed by atoms with van der Waals surface area (Å²) in [5.74, 6) is -0.150. The maximum atomic E-state index is 12.7. The lowest BCUT2D eigenvalue weighted by Crippen LogP contribution is -2.53. The van der Waals surface area contributed by atoms with Gasteiger partial charge in [-0.3, -0.25) is 19.8 Å². The number of carbonyl (C=O) groups excluding carboxylic acids is 2. The van der Waals surface area contributed by atoms with Crippen LogP contribution in [0.3, 0.4) is 0 Å². The third-order valence-electron chi connectivity index (χ3n) is 4.39. The van der Waals surface area contributed by atoms with Crippen molar-refractivity contribution < 1.29 is 19.1 Å². The second-order valence-electron chi connectivity index (χ2n) is 6.46. The third kappa shape index (κ3) is 5.25. The van der Waals surface area contributed by atoms with E-state index in [2.05, 4.69) is 11.9 Å². The van der Waals surface area contributed by atoms with Gasteiger partial charge in [-0.1, -0.05) is 41.4 Å². The molecule has 2 aromatic rings. The summed E-state index contributed by atoms with van der Waals surface area (Å²) in [6, 6.07) is 10.2. The molecular weight excluding hydrogens is 459 g/mol. The fourth-order valence-electron chi connectivity index (χ4n) is 2.84. The molecule has 2 amide bonds. The smallest absolute Gasteiger partial charge is 0.265 e. The zero-order valence-corrected chi connectivity index (χ0v) is 18.8. The Morgan fingerprint density at radius 2 is 1.94 bits per heavy atom. The van der Waals surface area contributed by atoms with Gasteiger partial charge in [-0.15, -0.1) is 6.58 Å². The van der Waals surface area contributed by atoms with Crippen molar-refractivity contribution in [3.8, 4) is 11.5 Å². The SMILES string of the molecule is C=CCN1C(=O)/C(=C/c2ccc(OCc3ccc(Cl)cc3Cl)c(OC)c2)C(=O)NC1=S. The zero-order chi connectivity index (χ0) is 22.5. The Morgan fingerprint density at radius 3 is 2.61 bits per heavy atom. The van der Waals surface area contributed by atoms with E-state index in [0.29, 0.717) is 27.1 Å². The second kappa shape index (κ2) is 9.96. The molecule has 1 aliphatic rings. The van der Waals surface area contributed by atoms with Crippen molar-refractivity contribution in [2.24, 2.45) is 0 Å². The zero-order valence-electron chi connectivity index (χ0n) is 16.5. The van der Waals surface area contributed by atoms with Crippen molar-refractivity contribution in [1.82, 2.24) is 10.2 Å². The summed E-state index contributed by atoms with van der Waals surface area (Å²) in [6.45, 7) is 4.01. The van der Waals surface area contributed by atoms with Crippen molar-refractivity contribution in [2.75, 3.05) is 13.7 Å². The molecule has 1 N–H and O–H groups in total. The second-order valence-corrected chi connectivity index (χ2v) is 7.69. The molecule has 0 aromatic heterocycles. The minimum absolute atomic E-state index is 0.0425. The van der Waals surface area contributed by atoms with Gasteiger partial charge in [-0.25, -0.2) is 0 Å². The average molecular weight is 477 g/mol. The summed E-state index contributed by atoms with van der Waals surface area (Å²) in [5.41, 5.74) is 1.31. The van der Waals surface area contributed by atoms with Crippen molar-refractivity contribution in [2.45, 2.75) is 6.61 Å². The van der Waals surface area contributed by atoms with Crippen LogP contribution >= 0.6 is 35.4 Å². The van der Waals surface area contributed by atoms with Gasteiger partial charge in [0.15, 0.2) is 16.6 Å². The first-order chi connectivity index (χ1) is 14.8. The first kappa shape index (κ1) is 22.8. The monoisotopic (exact) mass is 476 g/mol. The van der Waals surface area contributed by atoms with Gasteiger partial charge >= 0.3 is 0 Å². The Labute approximate surface area is 195 Å². The van der Waals surface area contributed by atoms with E-state index in [9.17, 15) is 9.59 Å². The normalized spacial score (nSPS) is 15.1. The summed E-state index contributed by atoms with van der Waals surface area (Å²) in [5, 5.41) is 3.59. The molecule has 9 heteroatoms. The molecule has 0 aliphatic carbocycles. The molecule has 31 heavy (non-hydrogen) atoms. The van der Waals surface area contributed by atoms with Gasteiger partial charge in [-0.2, -0.15) is 0 Å². The Kier molecular flexibility index (Phi) is 7.33. The number of hydrogen-bond acceptors (Lipinski definition) is 5. The minimum atomic E-state index is -0.563. The van der Waals surface area contributed by atoms with Gasteiger partial charge in [0, 0.05) is 22.2 Å². The lowest BCUT2D eigenvalue weighted by molar-refractivity contribution is -0.128. The van der Waals surface area contributed by atoms with Crippen molar-refractivity contribution in [1.29, 1.82) is 0 Å². The lowest BCUT2D eigenvalue weighted by Gasteiger charge is -2.27. The van der Waals surface area contributed by atoms with Gasteiger partial charge in [0.1, 0.15) is 12.2 Å². The van der Waals surface area contributed by atoms with Gasteiger partial charge in [-0.05, 0) is 48.1 Å². The highest BCUT2D eigenvalue weighted by Crippen LogP contribution is 2.31. The number of nitrogens with zero attached hydrogens (tertiary/aromatic N) is 1. The van der Waals surface area contributed by atoms with Gasteiger partial charge in [0.2, 0.25) is 0 Å². The highest BCUT2D eigenvalue weighted by Gasteiger charge is 2.32. The highest BCUT2D eigenvalue weighted by molar-refractivity contribution is 7.80. The Balaban J connectivity index is 1.83. The molecule has 1 aliphatic heterocycles. The fraction of sp³-hybridized carbons (Fsp3) is 0.136. The number of amides is 2. The number of rotatable bonds is 7. The van der Waals surface area contributed by atoms with Crippen LogP contribution in [0.5, 0.6) is 11.5 Å². The summed E-state index contributed by atoms with van der Waals surface area (Å²) in [7, 11) is 1.50. The van der Waals surface area contributed by atoms with Gasteiger partial charge in [0.25, 0.3) is 11.8 Å². The Morgan fingerprint density at radius 1 is 1.16 bits per heavy atom. The van der Waals surface area contributed by atoms with Gasteiger partial charge < -0.3 is 9.47 Å². The molecule has 1 fully saturated rings. The molecule has 2 aromatic carbocycles. The number of nitrogens with one attached hydrogen (secondary N) is 1. The first-order valence-corrected chi connectivity index (χ1v) is 10.2. The van der Waals surface area contributed by atoms with Crippen LogP contribution in [0.4, 0.5) is 0 Å². The maximum absolute atomic E-state index is 12.7. The van der Waals surface area contributed by atoms with E-state index in [4.69, 9.17) is 44.9 Å². The summed E-state index contributed by atoms with van der Waals surface area (Å²) >= 11 is 17.2. The number of thiocarbonyl (C=S) groups is 1. The van der Waals surface area contributed by atoms with Crippen LogP contribution in [-0.2, 0) is 16.2 Å². The largest absolute Gasteiger partial charge is 0.493 e. The number of methoxy groups -OCH3 is 1. The van der Waals surface area contributed by atoms with Crippen LogP contribution in [-0.4, -0.2) is 35.5 Å². The van der Waals surface area contributed by atoms with E-state index >= 15 is 0 Å². The minimum Gasteiger partial charge on any atom is -0.493 e. The number of benzene rings is 2. The van der Waals surface area contributed by atoms with Crippen molar-refractivity contribution in [3.63, 3.8) is 0 Å². The first-order valence-electron chi connectivity index (χ1n) is 9.08. The van der Waals surface area contributed by atoms with Crippen LogP contribution in [0.25, 0.3) is 6.08 Å². The van der Waals surface area contributed by atoms with Crippen LogP contribution < -0.4 is 14.8 Å². The molecule has 1 heterocycles. The molecule has 3 rings (SSSR count). The average Bonchev–Trinajstić information content (AvgIpc) is 2.74. The predicted molar refractivity (Wildman–Crippen MR) is 124 cm³/mol. The predicted octanol–water partition coefficient (Wildman–Crippen LogP) is 4.39. The van der Waals surface area contributed by atoms with Crippen LogP contribution in [0.15, 0.2) is 54.6 Å². The molecule has 0 saturated carbocycles. The van der Waals surface area contributed by atoms with Gasteiger partial charge in [0.05, 0.1) is 7.11 Å². The number of carbonyl (C=O) groups is 2. The van der Waals surface area contributed by atoms with E-state index < -0.39 is 11.8 Å². The fourth-order valence-corrected chi connectivity index (χ4v) is 3.56. The van der Waals surface area contributed by atoms with E-state index in [1.165, 1.54) is 24.2 Å². The molecular formula is C22H18Cl2N2O4S. The molecule has 0 radical (unpaired) electrons. The summed E-state index contributed by atoms with van der Waals surface area (Å²) < 4.78 is 11.2. The molecule has 0 unspecified atom stereocenters. The molecule has 0 atom stereocenters. The van der Waals surface area contributed by atoms with E-state index in [0.717, 1.165) is 5.56 Å². The molecule has 6 nitrogen and oxygen atoms in total. The quantitative estimate of drug-likeness (QED) is 0.277. The maximum Gasteiger partial charge on any atom is 0.265 e. The van der Waals surface area contributed by atoms with E-state index in [-0.39, 0.29) is 23.8 Å². The standard InChI is InChI=1S/C22H18Cl2N2O4S/c1-3-8-26-21(28)16(20(27)25-22(26)31)9-13-4-7-18(19(10-13)29-2)30-12-14-5-6-15(23)11-17(14)24/h3-7,9-11H,1,8,12H2,2H3,(H,25,27,31)/b16-9+. The molecule has 0 bridgehead atoms. The lowest BCUT2D eigenvalue weighted by atomic mass is 10.1. The third-order valence-corrected chi connectivity index (χ3v) is 5.30. The Bertz CT molecular complexity index is 1100. The molecule has 160 valence electrons. The van der Waals surface area contributed by atoms with E-state index in [1.54, 1.807) is 36.4 Å². The number of hydrogen-bond donors (Lipinski definition) is 1. The van der Waals surface area contributed by atoms with Crippen LogP contribution in [0.2, 0.25) is 10.0 Å².